The molecule has 0 unspecified atom stereocenters. The van der Waals surface area contributed by atoms with Crippen molar-refractivity contribution < 1.29 is 8.78 Å². The highest BCUT2D eigenvalue weighted by atomic mass is 35.5. The van der Waals surface area contributed by atoms with Crippen molar-refractivity contribution in [3.8, 4) is 0 Å². The Kier molecular flexibility index (Phi) is 2.00. The topological polar surface area (TPSA) is 32.9 Å². The summed E-state index contributed by atoms with van der Waals surface area (Å²) in [5.41, 5.74) is -0.269. The lowest BCUT2D eigenvalue weighted by atomic mass is 10.2. The number of benzene rings is 1. The van der Waals surface area contributed by atoms with Crippen molar-refractivity contribution >= 4 is 22.5 Å². The van der Waals surface area contributed by atoms with Crippen LogP contribution in [0.3, 0.4) is 0 Å². The molecule has 0 bridgehead atoms. The number of H-pyrrole nitrogens is 1. The number of aromatic amines is 1. The van der Waals surface area contributed by atoms with Gasteiger partial charge in [0.25, 0.3) is 0 Å². The van der Waals surface area contributed by atoms with Crippen LogP contribution in [0, 0.1) is 11.6 Å². The molecule has 14 heavy (non-hydrogen) atoms. The molecule has 1 heterocycles. The monoisotopic (exact) mass is 215 g/mol. The lowest BCUT2D eigenvalue weighted by Gasteiger charge is -2.00. The van der Waals surface area contributed by atoms with Crippen molar-refractivity contribution in [2.24, 2.45) is 0 Å². The van der Waals surface area contributed by atoms with Crippen LogP contribution in [0.25, 0.3) is 10.9 Å². The third kappa shape index (κ3) is 1.37. The quantitative estimate of drug-likeness (QED) is 0.720. The zero-order chi connectivity index (χ0) is 10.3. The fraction of sp³-hybridized carbons (Fsp3) is 0. The van der Waals surface area contributed by atoms with Gasteiger partial charge in [-0.2, -0.15) is 0 Å². The van der Waals surface area contributed by atoms with Crippen LogP contribution in [0.2, 0.25) is 5.02 Å². The van der Waals surface area contributed by atoms with Gasteiger partial charge in [-0.15, -0.1) is 0 Å². The number of hydrogen-bond acceptors (Lipinski definition) is 1. The summed E-state index contributed by atoms with van der Waals surface area (Å²) in [6, 6.07) is 2.96. The molecule has 0 aliphatic rings. The van der Waals surface area contributed by atoms with E-state index in [0.29, 0.717) is 0 Å². The van der Waals surface area contributed by atoms with E-state index >= 15 is 0 Å². The lowest BCUT2D eigenvalue weighted by Crippen LogP contribution is -2.04. The predicted molar refractivity (Wildman–Crippen MR) is 49.5 cm³/mol. The van der Waals surface area contributed by atoms with Gasteiger partial charge in [0.2, 0.25) is 5.56 Å². The van der Waals surface area contributed by atoms with E-state index in [4.69, 9.17) is 11.6 Å². The van der Waals surface area contributed by atoms with Gasteiger partial charge in [-0.3, -0.25) is 4.79 Å². The molecule has 0 aliphatic heterocycles. The van der Waals surface area contributed by atoms with Crippen molar-refractivity contribution in [2.45, 2.75) is 0 Å². The Bertz CT molecular complexity index is 564. The molecule has 2 nitrogen and oxygen atoms in total. The Hall–Kier alpha value is -1.42. The maximum absolute atomic E-state index is 12.8. The number of halogens is 3. The SMILES string of the molecule is O=c1cc(Cl)c2cc(F)c(F)cc2[nH]1. The molecule has 0 aliphatic carbocycles. The first-order chi connectivity index (χ1) is 6.58. The minimum atomic E-state index is -1.02. The Morgan fingerprint density at radius 1 is 1.14 bits per heavy atom. The Balaban J connectivity index is 2.96. The first-order valence-electron chi connectivity index (χ1n) is 3.75. The molecule has 0 amide bonds. The van der Waals surface area contributed by atoms with E-state index in [0.717, 1.165) is 18.2 Å². The summed E-state index contributed by atoms with van der Waals surface area (Å²) >= 11 is 5.68. The van der Waals surface area contributed by atoms with Gasteiger partial charge in [0.15, 0.2) is 11.6 Å². The van der Waals surface area contributed by atoms with Crippen molar-refractivity contribution in [1.82, 2.24) is 4.98 Å². The first kappa shape index (κ1) is 9.15. The van der Waals surface area contributed by atoms with E-state index in [2.05, 4.69) is 4.98 Å². The third-order valence-corrected chi connectivity index (χ3v) is 2.15. The van der Waals surface area contributed by atoms with E-state index in [1.165, 1.54) is 0 Å². The molecule has 0 radical (unpaired) electrons. The maximum atomic E-state index is 12.8. The summed E-state index contributed by atoms with van der Waals surface area (Å²) in [7, 11) is 0. The second-order valence-corrected chi connectivity index (χ2v) is 3.20. The molecule has 0 saturated heterocycles. The third-order valence-electron chi connectivity index (χ3n) is 1.83. The van der Waals surface area contributed by atoms with Gasteiger partial charge in [-0.05, 0) is 6.07 Å². The van der Waals surface area contributed by atoms with Crippen LogP contribution in [0.1, 0.15) is 0 Å². The van der Waals surface area contributed by atoms with E-state index in [9.17, 15) is 13.6 Å². The summed E-state index contributed by atoms with van der Waals surface area (Å²) in [5, 5.41) is 0.382. The van der Waals surface area contributed by atoms with E-state index in [1.807, 2.05) is 0 Å². The van der Waals surface area contributed by atoms with E-state index in [-0.39, 0.29) is 15.9 Å². The Morgan fingerprint density at radius 3 is 2.50 bits per heavy atom. The van der Waals surface area contributed by atoms with Crippen LogP contribution in [-0.2, 0) is 0 Å². The summed E-state index contributed by atoms with van der Waals surface area (Å²) in [6.07, 6.45) is 0. The summed E-state index contributed by atoms with van der Waals surface area (Å²) < 4.78 is 25.6. The molecule has 0 atom stereocenters. The summed E-state index contributed by atoms with van der Waals surface area (Å²) in [6.45, 7) is 0. The van der Waals surface area contributed by atoms with Crippen LogP contribution >= 0.6 is 11.6 Å². The van der Waals surface area contributed by atoms with Crippen molar-refractivity contribution in [2.75, 3.05) is 0 Å². The highest BCUT2D eigenvalue weighted by Gasteiger charge is 2.07. The van der Waals surface area contributed by atoms with Crippen LogP contribution < -0.4 is 5.56 Å². The van der Waals surface area contributed by atoms with Gasteiger partial charge in [-0.25, -0.2) is 8.78 Å². The number of hydrogen-bond donors (Lipinski definition) is 1. The first-order valence-corrected chi connectivity index (χ1v) is 4.13. The normalized spacial score (nSPS) is 10.8. The highest BCUT2D eigenvalue weighted by Crippen LogP contribution is 2.22. The fourth-order valence-electron chi connectivity index (χ4n) is 1.21. The van der Waals surface area contributed by atoms with Crippen molar-refractivity contribution in [3.05, 3.63) is 45.2 Å². The van der Waals surface area contributed by atoms with Gasteiger partial charge >= 0.3 is 0 Å². The summed E-state index contributed by atoms with van der Waals surface area (Å²) in [4.78, 5) is 13.3. The molecule has 1 aromatic heterocycles. The van der Waals surface area contributed by atoms with Gasteiger partial charge < -0.3 is 4.98 Å². The van der Waals surface area contributed by atoms with Crippen LogP contribution in [-0.4, -0.2) is 4.98 Å². The number of rotatable bonds is 0. The predicted octanol–water partition coefficient (Wildman–Crippen LogP) is 2.46. The largest absolute Gasteiger partial charge is 0.322 e. The molecule has 5 heteroatoms. The average molecular weight is 216 g/mol. The minimum absolute atomic E-state index is 0.0997. The van der Waals surface area contributed by atoms with E-state index in [1.54, 1.807) is 0 Å². The van der Waals surface area contributed by atoms with E-state index < -0.39 is 17.2 Å². The highest BCUT2D eigenvalue weighted by molar-refractivity contribution is 6.35. The second-order valence-electron chi connectivity index (χ2n) is 2.79. The molecule has 1 aromatic carbocycles. The van der Waals surface area contributed by atoms with Crippen molar-refractivity contribution in [3.63, 3.8) is 0 Å². The maximum Gasteiger partial charge on any atom is 0.249 e. The molecule has 0 saturated carbocycles. The fourth-order valence-corrected chi connectivity index (χ4v) is 1.46. The molecular weight excluding hydrogens is 212 g/mol. The smallest absolute Gasteiger partial charge is 0.249 e. The zero-order valence-electron chi connectivity index (χ0n) is 6.77. The minimum Gasteiger partial charge on any atom is -0.322 e. The summed E-state index contributed by atoms with van der Waals surface area (Å²) in [5.74, 6) is -2.01. The van der Waals surface area contributed by atoms with Crippen LogP contribution in [0.15, 0.2) is 23.0 Å². The Morgan fingerprint density at radius 2 is 1.79 bits per heavy atom. The molecule has 2 aromatic rings. The molecule has 1 N–H and O–H groups in total. The van der Waals surface area contributed by atoms with Gasteiger partial charge in [0.05, 0.1) is 10.5 Å². The van der Waals surface area contributed by atoms with Crippen LogP contribution in [0.5, 0.6) is 0 Å². The average Bonchev–Trinajstić information content (AvgIpc) is 2.08. The number of aromatic nitrogens is 1. The number of fused-ring (bicyclic) bond motifs is 1. The van der Waals surface area contributed by atoms with Gasteiger partial charge in [-0.1, -0.05) is 11.6 Å². The Labute approximate surface area is 82.1 Å². The van der Waals surface area contributed by atoms with Crippen molar-refractivity contribution in [1.29, 1.82) is 0 Å². The number of pyridine rings is 1. The molecule has 2 rings (SSSR count). The lowest BCUT2D eigenvalue weighted by molar-refractivity contribution is 0.510. The zero-order valence-corrected chi connectivity index (χ0v) is 7.53. The molecular formula is C9H4ClF2NO. The van der Waals surface area contributed by atoms with Crippen LogP contribution in [0.4, 0.5) is 8.78 Å². The standard InChI is InChI=1S/C9H4ClF2NO/c10-5-2-9(14)13-8-3-7(12)6(11)1-4(5)8/h1-3H,(H,13,14). The number of nitrogens with one attached hydrogen (secondary N) is 1. The van der Waals surface area contributed by atoms with Gasteiger partial charge in [0.1, 0.15) is 0 Å². The second kappa shape index (κ2) is 3.06. The molecule has 0 fully saturated rings. The molecule has 0 spiro atoms. The molecule has 72 valence electrons. The van der Waals surface area contributed by atoms with Gasteiger partial charge in [0, 0.05) is 17.5 Å².